The number of carbonyl (C=O) groups is 1. The Kier molecular flexibility index (Phi) is 6.27. The van der Waals surface area contributed by atoms with Crippen LogP contribution < -0.4 is 9.46 Å². The second-order valence-corrected chi connectivity index (χ2v) is 5.76. The van der Waals surface area contributed by atoms with Crippen molar-refractivity contribution >= 4 is 23.6 Å². The standard InChI is InChI=1S/C14H19NO8S/c1-24-15-7-4-6(5-16)2-3-8(7)22-14-11(19)9(17)10(18)12(23-14)13(20)21/h2-4,9-12,14-19H,5H2,1H3,(H,20,21). The first-order valence-corrected chi connectivity index (χ1v) is 8.23. The van der Waals surface area contributed by atoms with E-state index in [0.29, 0.717) is 11.3 Å². The summed E-state index contributed by atoms with van der Waals surface area (Å²) in [6.45, 7) is -0.183. The molecular weight excluding hydrogens is 342 g/mol. The van der Waals surface area contributed by atoms with E-state index in [4.69, 9.17) is 14.6 Å². The third-order valence-corrected chi connectivity index (χ3v) is 3.92. The van der Waals surface area contributed by atoms with Gasteiger partial charge in [0.15, 0.2) is 6.10 Å². The van der Waals surface area contributed by atoms with E-state index in [-0.39, 0.29) is 12.4 Å². The predicted octanol–water partition coefficient (Wildman–Crippen LogP) is -0.860. The van der Waals surface area contributed by atoms with Gasteiger partial charge in [-0.15, -0.1) is 0 Å². The molecule has 0 aromatic heterocycles. The van der Waals surface area contributed by atoms with Crippen LogP contribution in [0.3, 0.4) is 0 Å². The Morgan fingerprint density at radius 2 is 2.00 bits per heavy atom. The van der Waals surface area contributed by atoms with Gasteiger partial charge < -0.3 is 39.7 Å². The first kappa shape index (κ1) is 18.8. The van der Waals surface area contributed by atoms with Crippen LogP contribution in [0.1, 0.15) is 5.56 Å². The van der Waals surface area contributed by atoms with Crippen LogP contribution in [0.15, 0.2) is 18.2 Å². The van der Waals surface area contributed by atoms with Crippen molar-refractivity contribution in [1.82, 2.24) is 0 Å². The van der Waals surface area contributed by atoms with Crippen molar-refractivity contribution in [3.63, 3.8) is 0 Å². The minimum Gasteiger partial charge on any atom is -0.479 e. The largest absolute Gasteiger partial charge is 0.479 e. The number of aliphatic carboxylic acids is 1. The molecule has 1 aliphatic rings. The lowest BCUT2D eigenvalue weighted by atomic mass is 9.99. The molecule has 2 rings (SSSR count). The Bertz CT molecular complexity index is 586. The summed E-state index contributed by atoms with van der Waals surface area (Å²) in [5.41, 5.74) is 1.08. The number of aliphatic hydroxyl groups excluding tert-OH is 4. The highest BCUT2D eigenvalue weighted by Gasteiger charge is 2.48. The summed E-state index contributed by atoms with van der Waals surface area (Å²) in [5.74, 6) is -1.27. The second-order valence-electron chi connectivity index (χ2n) is 5.15. The minimum absolute atomic E-state index is 0.183. The molecule has 0 saturated carbocycles. The molecule has 1 fully saturated rings. The van der Waals surface area contributed by atoms with Crippen LogP contribution in [-0.4, -0.2) is 68.5 Å². The molecule has 1 aromatic rings. The molecule has 1 heterocycles. The monoisotopic (exact) mass is 361 g/mol. The number of hydrogen-bond donors (Lipinski definition) is 6. The van der Waals surface area contributed by atoms with Gasteiger partial charge in [-0.2, -0.15) is 0 Å². The topological polar surface area (TPSA) is 149 Å². The van der Waals surface area contributed by atoms with Crippen molar-refractivity contribution in [2.75, 3.05) is 11.0 Å². The molecule has 0 amide bonds. The number of rotatable bonds is 6. The number of anilines is 1. The SMILES string of the molecule is CSNc1cc(CO)ccc1OC1OC(C(=O)O)C(O)C(O)C1O. The van der Waals surface area contributed by atoms with E-state index in [1.807, 2.05) is 0 Å². The fourth-order valence-electron chi connectivity index (χ4n) is 2.24. The highest BCUT2D eigenvalue weighted by molar-refractivity contribution is 7.99. The van der Waals surface area contributed by atoms with Crippen molar-refractivity contribution in [3.05, 3.63) is 23.8 Å². The molecule has 134 valence electrons. The number of carboxylic acids is 1. The highest BCUT2D eigenvalue weighted by atomic mass is 32.2. The molecule has 6 N–H and O–H groups in total. The van der Waals surface area contributed by atoms with E-state index in [0.717, 1.165) is 0 Å². The molecular formula is C14H19NO8S. The highest BCUT2D eigenvalue weighted by Crippen LogP contribution is 2.31. The number of ether oxygens (including phenoxy) is 2. The number of carboxylic acid groups (broad SMARTS) is 1. The maximum atomic E-state index is 11.1. The average Bonchev–Trinajstić information content (AvgIpc) is 2.56. The van der Waals surface area contributed by atoms with E-state index < -0.39 is 36.7 Å². The van der Waals surface area contributed by atoms with E-state index >= 15 is 0 Å². The molecule has 24 heavy (non-hydrogen) atoms. The number of benzene rings is 1. The fourth-order valence-corrected chi connectivity index (χ4v) is 2.62. The van der Waals surface area contributed by atoms with E-state index in [2.05, 4.69) is 4.72 Å². The molecule has 1 saturated heterocycles. The first-order valence-electron chi connectivity index (χ1n) is 7.01. The van der Waals surface area contributed by atoms with Gasteiger partial charge in [-0.25, -0.2) is 4.79 Å². The molecule has 0 spiro atoms. The quantitative estimate of drug-likeness (QED) is 0.353. The summed E-state index contributed by atoms with van der Waals surface area (Å²) < 4.78 is 13.5. The summed E-state index contributed by atoms with van der Waals surface area (Å²) in [6, 6.07) is 4.70. The van der Waals surface area contributed by atoms with Gasteiger partial charge in [0.25, 0.3) is 0 Å². The molecule has 1 aliphatic heterocycles. The molecule has 0 bridgehead atoms. The molecule has 10 heteroatoms. The van der Waals surface area contributed by atoms with Gasteiger partial charge in [0, 0.05) is 6.26 Å². The van der Waals surface area contributed by atoms with Crippen molar-refractivity contribution in [1.29, 1.82) is 0 Å². The maximum absolute atomic E-state index is 11.1. The van der Waals surface area contributed by atoms with Crippen molar-refractivity contribution in [3.8, 4) is 5.75 Å². The summed E-state index contributed by atoms with van der Waals surface area (Å²) in [7, 11) is 0. The molecule has 9 nitrogen and oxygen atoms in total. The van der Waals surface area contributed by atoms with Gasteiger partial charge in [0.2, 0.25) is 6.29 Å². The van der Waals surface area contributed by atoms with Gasteiger partial charge in [-0.1, -0.05) is 18.0 Å². The van der Waals surface area contributed by atoms with E-state index in [1.54, 1.807) is 18.4 Å². The van der Waals surface area contributed by atoms with E-state index in [1.165, 1.54) is 18.0 Å². The third kappa shape index (κ3) is 3.91. The van der Waals surface area contributed by atoms with Gasteiger partial charge in [-0.3, -0.25) is 0 Å². The predicted molar refractivity (Wildman–Crippen MR) is 84.4 cm³/mol. The van der Waals surface area contributed by atoms with Crippen LogP contribution >= 0.6 is 11.9 Å². The van der Waals surface area contributed by atoms with Crippen LogP contribution in [0.2, 0.25) is 0 Å². The van der Waals surface area contributed by atoms with Crippen LogP contribution in [0.4, 0.5) is 5.69 Å². The molecule has 0 radical (unpaired) electrons. The fraction of sp³-hybridized carbons (Fsp3) is 0.500. The zero-order valence-corrected chi connectivity index (χ0v) is 13.5. The van der Waals surface area contributed by atoms with Crippen LogP contribution in [-0.2, 0) is 16.1 Å². The van der Waals surface area contributed by atoms with Gasteiger partial charge in [0.05, 0.1) is 12.3 Å². The molecule has 5 atom stereocenters. The van der Waals surface area contributed by atoms with Crippen LogP contribution in [0.25, 0.3) is 0 Å². The Labute approximate surface area is 142 Å². The second kappa shape index (κ2) is 8.01. The van der Waals surface area contributed by atoms with Crippen molar-refractivity contribution < 1.29 is 39.8 Å². The lowest BCUT2D eigenvalue weighted by Gasteiger charge is -2.38. The summed E-state index contributed by atoms with van der Waals surface area (Å²) in [4.78, 5) is 11.1. The van der Waals surface area contributed by atoms with Crippen molar-refractivity contribution in [2.24, 2.45) is 0 Å². The van der Waals surface area contributed by atoms with Gasteiger partial charge in [0.1, 0.15) is 24.1 Å². The number of nitrogens with one attached hydrogen (secondary N) is 1. The number of aliphatic hydroxyl groups is 4. The summed E-state index contributed by atoms with van der Waals surface area (Å²) in [5, 5.41) is 47.6. The molecule has 1 aromatic carbocycles. The smallest absolute Gasteiger partial charge is 0.335 e. The normalized spacial score (nSPS) is 30.0. The van der Waals surface area contributed by atoms with Crippen LogP contribution in [0.5, 0.6) is 5.75 Å². The lowest BCUT2D eigenvalue weighted by molar-refractivity contribution is -0.271. The Hall–Kier alpha value is -1.56. The minimum atomic E-state index is -1.78. The average molecular weight is 361 g/mol. The Morgan fingerprint density at radius 3 is 2.58 bits per heavy atom. The van der Waals surface area contributed by atoms with E-state index in [9.17, 15) is 25.2 Å². The number of hydrogen-bond acceptors (Lipinski definition) is 9. The van der Waals surface area contributed by atoms with Crippen molar-refractivity contribution in [2.45, 2.75) is 37.3 Å². The Balaban J connectivity index is 2.24. The lowest BCUT2D eigenvalue weighted by Crippen LogP contribution is -2.61. The van der Waals surface area contributed by atoms with Gasteiger partial charge in [-0.05, 0) is 17.7 Å². The maximum Gasteiger partial charge on any atom is 0.335 e. The van der Waals surface area contributed by atoms with Gasteiger partial charge >= 0.3 is 5.97 Å². The summed E-state index contributed by atoms with van der Waals surface area (Å²) in [6.07, 6.45) is -6.62. The molecule has 5 unspecified atom stereocenters. The summed E-state index contributed by atoms with van der Waals surface area (Å²) >= 11 is 1.26. The Morgan fingerprint density at radius 1 is 1.29 bits per heavy atom. The zero-order chi connectivity index (χ0) is 17.9. The first-order chi connectivity index (χ1) is 11.4. The van der Waals surface area contributed by atoms with Crippen LogP contribution in [0, 0.1) is 0 Å². The zero-order valence-electron chi connectivity index (χ0n) is 12.7. The third-order valence-electron chi connectivity index (χ3n) is 3.49. The molecule has 0 aliphatic carbocycles.